The van der Waals surface area contributed by atoms with Crippen LogP contribution in [0.25, 0.3) is 0 Å². The Labute approximate surface area is 158 Å². The number of allylic oxidation sites excluding steroid dienone is 6. The molecule has 0 aromatic carbocycles. The Balaban J connectivity index is 3.59. The summed E-state index contributed by atoms with van der Waals surface area (Å²) in [7, 11) is 0. The predicted octanol–water partition coefficient (Wildman–Crippen LogP) is 5.85. The topological polar surface area (TPSA) is 77.8 Å². The number of rotatable bonds is 16. The van der Waals surface area contributed by atoms with E-state index in [-0.39, 0.29) is 11.9 Å². The highest BCUT2D eigenvalue weighted by molar-refractivity contribution is 5.80. The molecule has 0 aromatic heterocycles. The van der Waals surface area contributed by atoms with Crippen LogP contribution in [0.15, 0.2) is 48.3 Å². The second kappa shape index (κ2) is 18.0. The van der Waals surface area contributed by atoms with Crippen LogP contribution in [-0.4, -0.2) is 27.4 Å². The smallest absolute Gasteiger partial charge is 0.328 e. The third kappa shape index (κ3) is 18.5. The number of hydrogen-bond donors (Lipinski definition) is 3. The van der Waals surface area contributed by atoms with Crippen LogP contribution in [-0.2, 0) is 4.79 Å². The van der Waals surface area contributed by atoms with Crippen LogP contribution < -0.4 is 0 Å². The molecule has 0 fully saturated rings. The maximum atomic E-state index is 10.3. The molecule has 0 spiro atoms. The molecule has 1 atom stereocenters. The molecule has 26 heavy (non-hydrogen) atoms. The molecule has 0 aliphatic carbocycles. The van der Waals surface area contributed by atoms with Gasteiger partial charge in [0, 0.05) is 6.08 Å². The summed E-state index contributed by atoms with van der Waals surface area (Å²) >= 11 is 0. The van der Waals surface area contributed by atoms with Gasteiger partial charge in [0.05, 0.1) is 6.10 Å². The number of carboxylic acids is 1. The Bertz CT molecular complexity index is 461. The molecular weight excluding hydrogens is 328 g/mol. The van der Waals surface area contributed by atoms with Gasteiger partial charge in [-0.15, -0.1) is 0 Å². The molecule has 4 heteroatoms. The molecule has 3 N–H and O–H groups in total. The molecule has 0 amide bonds. The number of hydrogen-bond acceptors (Lipinski definition) is 3. The van der Waals surface area contributed by atoms with E-state index in [9.17, 15) is 15.0 Å². The van der Waals surface area contributed by atoms with Crippen LogP contribution >= 0.6 is 0 Å². The summed E-state index contributed by atoms with van der Waals surface area (Å²) in [5.74, 6) is -0.840. The van der Waals surface area contributed by atoms with Crippen molar-refractivity contribution in [2.75, 3.05) is 0 Å². The zero-order valence-electron chi connectivity index (χ0n) is 16.1. The maximum Gasteiger partial charge on any atom is 0.328 e. The van der Waals surface area contributed by atoms with E-state index in [1.54, 1.807) is 18.2 Å². The number of aliphatic hydroxyl groups excluding tert-OH is 2. The average Bonchev–Trinajstić information content (AvgIpc) is 2.60. The first-order valence-electron chi connectivity index (χ1n) is 9.87. The number of carbonyl (C=O) groups is 1. The molecule has 4 nitrogen and oxygen atoms in total. The maximum absolute atomic E-state index is 10.3. The third-order valence-electron chi connectivity index (χ3n) is 4.07. The number of aliphatic hydroxyl groups is 2. The van der Waals surface area contributed by atoms with E-state index in [2.05, 4.69) is 6.92 Å². The van der Waals surface area contributed by atoms with Gasteiger partial charge < -0.3 is 15.3 Å². The van der Waals surface area contributed by atoms with Crippen LogP contribution in [0.1, 0.15) is 77.6 Å². The highest BCUT2D eigenvalue weighted by atomic mass is 16.4. The van der Waals surface area contributed by atoms with Gasteiger partial charge >= 0.3 is 5.97 Å². The molecule has 0 saturated heterocycles. The van der Waals surface area contributed by atoms with Gasteiger partial charge in [0.1, 0.15) is 5.76 Å². The monoisotopic (exact) mass is 364 g/mol. The summed E-state index contributed by atoms with van der Waals surface area (Å²) in [6, 6.07) is 0. The van der Waals surface area contributed by atoms with Gasteiger partial charge in [-0.1, -0.05) is 76.2 Å². The lowest BCUT2D eigenvalue weighted by Gasteiger charge is -2.09. The Kier molecular flexibility index (Phi) is 16.7. The lowest BCUT2D eigenvalue weighted by Crippen LogP contribution is -2.05. The minimum absolute atomic E-state index is 0.118. The van der Waals surface area contributed by atoms with E-state index >= 15 is 0 Å². The zero-order valence-corrected chi connectivity index (χ0v) is 16.1. The number of aliphatic carboxylic acids is 1. The second-order valence-corrected chi connectivity index (χ2v) is 6.57. The summed E-state index contributed by atoms with van der Waals surface area (Å²) in [5, 5.41) is 27.9. The van der Waals surface area contributed by atoms with Crippen LogP contribution in [0.5, 0.6) is 0 Å². The van der Waals surface area contributed by atoms with Gasteiger partial charge in [-0.2, -0.15) is 0 Å². The van der Waals surface area contributed by atoms with E-state index in [0.29, 0.717) is 0 Å². The Morgan fingerprint density at radius 3 is 2.19 bits per heavy atom. The average molecular weight is 365 g/mol. The SMILES string of the molecule is CCCCCC(O)CCCCCCCC=CC(O)=CC=CC=CC(=O)O. The fourth-order valence-corrected chi connectivity index (χ4v) is 2.56. The van der Waals surface area contributed by atoms with Crippen molar-refractivity contribution >= 4 is 5.97 Å². The van der Waals surface area contributed by atoms with Gasteiger partial charge in [-0.25, -0.2) is 4.79 Å². The van der Waals surface area contributed by atoms with E-state index in [1.807, 2.05) is 6.08 Å². The molecule has 1 unspecified atom stereocenters. The minimum atomic E-state index is -0.995. The summed E-state index contributed by atoms with van der Waals surface area (Å²) in [6.45, 7) is 2.18. The van der Waals surface area contributed by atoms with Crippen LogP contribution in [0.2, 0.25) is 0 Å². The van der Waals surface area contributed by atoms with Crippen LogP contribution in [0.4, 0.5) is 0 Å². The Morgan fingerprint density at radius 2 is 1.50 bits per heavy atom. The van der Waals surface area contributed by atoms with Crippen molar-refractivity contribution in [2.24, 2.45) is 0 Å². The van der Waals surface area contributed by atoms with Crippen molar-refractivity contribution in [1.82, 2.24) is 0 Å². The van der Waals surface area contributed by atoms with Crippen molar-refractivity contribution in [3.05, 3.63) is 48.3 Å². The van der Waals surface area contributed by atoms with E-state index in [0.717, 1.165) is 44.6 Å². The molecule has 0 rings (SSSR count). The lowest BCUT2D eigenvalue weighted by atomic mass is 10.0. The highest BCUT2D eigenvalue weighted by Crippen LogP contribution is 2.13. The van der Waals surface area contributed by atoms with E-state index in [1.165, 1.54) is 44.3 Å². The van der Waals surface area contributed by atoms with Crippen molar-refractivity contribution in [3.63, 3.8) is 0 Å². The minimum Gasteiger partial charge on any atom is -0.508 e. The summed E-state index contributed by atoms with van der Waals surface area (Å²) < 4.78 is 0. The molecule has 0 aliphatic heterocycles. The van der Waals surface area contributed by atoms with Gasteiger partial charge in [-0.3, -0.25) is 0 Å². The Hall–Kier alpha value is -1.81. The molecule has 0 heterocycles. The van der Waals surface area contributed by atoms with E-state index in [4.69, 9.17) is 5.11 Å². The van der Waals surface area contributed by atoms with Crippen molar-refractivity contribution < 1.29 is 20.1 Å². The van der Waals surface area contributed by atoms with Gasteiger partial charge in [0.15, 0.2) is 0 Å². The number of carboxylic acid groups (broad SMARTS) is 1. The second-order valence-electron chi connectivity index (χ2n) is 6.57. The van der Waals surface area contributed by atoms with E-state index < -0.39 is 5.97 Å². The number of unbranched alkanes of at least 4 members (excludes halogenated alkanes) is 7. The van der Waals surface area contributed by atoms with Crippen LogP contribution in [0.3, 0.4) is 0 Å². The zero-order chi connectivity index (χ0) is 19.5. The van der Waals surface area contributed by atoms with Gasteiger partial charge in [0.2, 0.25) is 0 Å². The van der Waals surface area contributed by atoms with Gasteiger partial charge in [-0.05, 0) is 37.8 Å². The molecule has 0 radical (unpaired) electrons. The standard InChI is InChI=1S/C22H36O4/c1-2-3-10-15-20(23)16-11-7-5-4-6-8-12-17-21(24)18-13-9-14-19-22(25)26/h9,12-14,17-20,23-24H,2-8,10-11,15-16H2,1H3,(H,25,26). The van der Waals surface area contributed by atoms with Gasteiger partial charge in [0.25, 0.3) is 0 Å². The first-order chi connectivity index (χ1) is 12.6. The van der Waals surface area contributed by atoms with Crippen molar-refractivity contribution in [2.45, 2.75) is 83.7 Å². The predicted molar refractivity (Wildman–Crippen MR) is 108 cm³/mol. The Morgan fingerprint density at radius 1 is 0.846 bits per heavy atom. The largest absolute Gasteiger partial charge is 0.508 e. The molecule has 0 aliphatic rings. The molecule has 0 bridgehead atoms. The normalized spacial score (nSPS) is 14.0. The molecule has 0 saturated carbocycles. The molecular formula is C22H36O4. The first-order valence-corrected chi connectivity index (χ1v) is 9.87. The molecule has 0 aromatic rings. The summed E-state index contributed by atoms with van der Waals surface area (Å²) in [5.41, 5.74) is 0. The lowest BCUT2D eigenvalue weighted by molar-refractivity contribution is -0.131. The van der Waals surface area contributed by atoms with Crippen molar-refractivity contribution in [1.29, 1.82) is 0 Å². The third-order valence-corrected chi connectivity index (χ3v) is 4.07. The van der Waals surface area contributed by atoms with Crippen LogP contribution in [0, 0.1) is 0 Å². The summed E-state index contributed by atoms with van der Waals surface area (Å²) in [6.07, 6.45) is 22.7. The van der Waals surface area contributed by atoms with Crippen molar-refractivity contribution in [3.8, 4) is 0 Å². The first kappa shape index (κ1) is 24.2. The fraction of sp³-hybridized carbons (Fsp3) is 0.591. The fourth-order valence-electron chi connectivity index (χ4n) is 2.56. The highest BCUT2D eigenvalue weighted by Gasteiger charge is 2.02. The quantitative estimate of drug-likeness (QED) is 0.139. The summed E-state index contributed by atoms with van der Waals surface area (Å²) in [4.78, 5) is 10.3. The molecule has 148 valence electrons.